The first-order valence-electron chi connectivity index (χ1n) is 10.7. The summed E-state index contributed by atoms with van der Waals surface area (Å²) in [5.74, 6) is 2.91. The maximum atomic E-state index is 10.3. The lowest BCUT2D eigenvalue weighted by molar-refractivity contribution is 0.172. The molecular weight excluding hydrogens is 338 g/mol. The lowest BCUT2D eigenvalue weighted by atomic mass is 9.87. The van der Waals surface area contributed by atoms with Crippen LogP contribution in [0.5, 0.6) is 11.5 Å². The van der Waals surface area contributed by atoms with Gasteiger partial charge >= 0.3 is 0 Å². The highest BCUT2D eigenvalue weighted by Crippen LogP contribution is 2.37. The van der Waals surface area contributed by atoms with Gasteiger partial charge in [-0.3, -0.25) is 0 Å². The summed E-state index contributed by atoms with van der Waals surface area (Å²) in [5, 5.41) is 20.0. The van der Waals surface area contributed by atoms with Crippen LogP contribution in [0.25, 0.3) is 0 Å². The minimum absolute atomic E-state index is 0.000153. The second kappa shape index (κ2) is 10.3. The zero-order valence-electron chi connectivity index (χ0n) is 17.4. The summed E-state index contributed by atoms with van der Waals surface area (Å²) in [7, 11) is 0. The molecule has 4 nitrogen and oxygen atoms in total. The number of aliphatic hydroxyl groups is 1. The predicted molar refractivity (Wildman–Crippen MR) is 111 cm³/mol. The van der Waals surface area contributed by atoms with E-state index in [4.69, 9.17) is 10.5 Å². The number of aromatic hydroxyl groups is 1. The Balaban J connectivity index is 1.78. The number of hydrogen-bond acceptors (Lipinski definition) is 4. The minimum Gasteiger partial charge on any atom is -0.508 e. The fraction of sp³-hybridized carbons (Fsp3) is 0.739. The molecule has 4 N–H and O–H groups in total. The van der Waals surface area contributed by atoms with Crippen LogP contribution in [0.2, 0.25) is 0 Å². The molecule has 0 amide bonds. The van der Waals surface area contributed by atoms with E-state index in [9.17, 15) is 10.2 Å². The number of phenolic OH excluding ortho intramolecular Hbond substituents is 1. The SMILES string of the molecule is CC(C)CCCC(C)COc1ccc(CCC(N)(CO)CC2CC2)c(O)c1. The molecule has 1 saturated carbocycles. The van der Waals surface area contributed by atoms with Crippen molar-refractivity contribution in [1.29, 1.82) is 0 Å². The molecule has 2 atom stereocenters. The van der Waals surface area contributed by atoms with E-state index in [1.165, 1.54) is 32.1 Å². The highest BCUT2D eigenvalue weighted by Gasteiger charge is 2.33. The average molecular weight is 378 g/mol. The lowest BCUT2D eigenvalue weighted by Gasteiger charge is -2.27. The molecule has 0 bridgehead atoms. The lowest BCUT2D eigenvalue weighted by Crippen LogP contribution is -2.44. The van der Waals surface area contributed by atoms with Gasteiger partial charge < -0.3 is 20.7 Å². The van der Waals surface area contributed by atoms with Crippen LogP contribution >= 0.6 is 0 Å². The van der Waals surface area contributed by atoms with Crippen molar-refractivity contribution < 1.29 is 14.9 Å². The van der Waals surface area contributed by atoms with E-state index >= 15 is 0 Å². The van der Waals surface area contributed by atoms with Gasteiger partial charge in [-0.05, 0) is 55.1 Å². The number of hydrogen-bond donors (Lipinski definition) is 3. The molecule has 1 aromatic carbocycles. The molecule has 1 aliphatic carbocycles. The maximum Gasteiger partial charge on any atom is 0.123 e. The smallest absolute Gasteiger partial charge is 0.123 e. The van der Waals surface area contributed by atoms with Crippen LogP contribution in [0.3, 0.4) is 0 Å². The predicted octanol–water partition coefficient (Wildman–Crippen LogP) is 4.66. The zero-order chi connectivity index (χ0) is 19.9. The van der Waals surface area contributed by atoms with Gasteiger partial charge in [-0.15, -0.1) is 0 Å². The van der Waals surface area contributed by atoms with Gasteiger partial charge in [0.15, 0.2) is 0 Å². The van der Waals surface area contributed by atoms with E-state index in [0.717, 1.165) is 17.9 Å². The number of aliphatic hydroxyl groups excluding tert-OH is 1. The van der Waals surface area contributed by atoms with Crippen LogP contribution in [0.4, 0.5) is 0 Å². The quantitative estimate of drug-likeness (QED) is 0.467. The minimum atomic E-state index is -0.534. The highest BCUT2D eigenvalue weighted by atomic mass is 16.5. The van der Waals surface area contributed by atoms with E-state index in [-0.39, 0.29) is 12.4 Å². The first kappa shape index (κ1) is 22.0. The Morgan fingerprint density at radius 1 is 1.22 bits per heavy atom. The molecule has 4 heteroatoms. The molecule has 0 spiro atoms. The van der Waals surface area contributed by atoms with E-state index in [1.807, 2.05) is 12.1 Å². The van der Waals surface area contributed by atoms with Crippen molar-refractivity contribution in [1.82, 2.24) is 0 Å². The van der Waals surface area contributed by atoms with Crippen LogP contribution in [-0.2, 0) is 6.42 Å². The van der Waals surface area contributed by atoms with Crippen LogP contribution in [0, 0.1) is 17.8 Å². The van der Waals surface area contributed by atoms with Gasteiger partial charge in [0.2, 0.25) is 0 Å². The number of ether oxygens (including phenoxy) is 1. The summed E-state index contributed by atoms with van der Waals surface area (Å²) in [5.41, 5.74) is 6.68. The monoisotopic (exact) mass is 377 g/mol. The second-order valence-electron chi connectivity index (χ2n) is 9.20. The van der Waals surface area contributed by atoms with Gasteiger partial charge in [0.25, 0.3) is 0 Å². The summed E-state index contributed by atoms with van der Waals surface area (Å²) in [6.07, 6.45) is 8.35. The first-order valence-corrected chi connectivity index (χ1v) is 10.7. The zero-order valence-corrected chi connectivity index (χ0v) is 17.4. The molecule has 154 valence electrons. The topological polar surface area (TPSA) is 75.7 Å². The Labute approximate surface area is 165 Å². The van der Waals surface area contributed by atoms with Crippen molar-refractivity contribution in [2.24, 2.45) is 23.5 Å². The molecule has 1 fully saturated rings. The van der Waals surface area contributed by atoms with Gasteiger partial charge in [0.05, 0.1) is 13.2 Å². The Bertz CT molecular complexity index is 571. The summed E-state index contributed by atoms with van der Waals surface area (Å²) < 4.78 is 5.86. The van der Waals surface area contributed by atoms with Gasteiger partial charge in [-0.25, -0.2) is 0 Å². The molecule has 0 saturated heterocycles. The Kier molecular flexibility index (Phi) is 8.43. The summed E-state index contributed by atoms with van der Waals surface area (Å²) in [6, 6.07) is 5.55. The molecule has 0 heterocycles. The van der Waals surface area contributed by atoms with Gasteiger partial charge in [-0.2, -0.15) is 0 Å². The second-order valence-corrected chi connectivity index (χ2v) is 9.20. The van der Waals surface area contributed by atoms with Crippen LogP contribution in [0.1, 0.15) is 71.3 Å². The molecule has 1 aliphatic rings. The first-order chi connectivity index (χ1) is 12.8. The fourth-order valence-electron chi connectivity index (χ4n) is 3.57. The normalized spacial score (nSPS) is 17.7. The Hall–Kier alpha value is -1.26. The van der Waals surface area contributed by atoms with Gasteiger partial charge in [-0.1, -0.05) is 52.5 Å². The van der Waals surface area contributed by atoms with Crippen molar-refractivity contribution >= 4 is 0 Å². The third kappa shape index (κ3) is 8.10. The summed E-state index contributed by atoms with van der Waals surface area (Å²) in [6.45, 7) is 7.40. The van der Waals surface area contributed by atoms with E-state index in [2.05, 4.69) is 20.8 Å². The summed E-state index contributed by atoms with van der Waals surface area (Å²) >= 11 is 0. The fourth-order valence-corrected chi connectivity index (χ4v) is 3.57. The summed E-state index contributed by atoms with van der Waals surface area (Å²) in [4.78, 5) is 0. The van der Waals surface area contributed by atoms with Crippen LogP contribution < -0.4 is 10.5 Å². The number of benzene rings is 1. The standard InChI is InChI=1S/C23H39NO3/c1-17(2)5-4-6-18(3)15-27-21-10-9-20(22(26)13-21)11-12-23(24,16-25)14-19-7-8-19/h9-10,13,17-19,25-26H,4-8,11-12,14-16,24H2,1-3H3. The molecular formula is C23H39NO3. The van der Waals surface area contributed by atoms with Crippen LogP contribution in [-0.4, -0.2) is 29.0 Å². The molecule has 2 rings (SSSR count). The van der Waals surface area contributed by atoms with Crippen molar-refractivity contribution in [3.8, 4) is 11.5 Å². The van der Waals surface area contributed by atoms with Crippen molar-refractivity contribution in [3.63, 3.8) is 0 Å². The maximum absolute atomic E-state index is 10.3. The Morgan fingerprint density at radius 3 is 2.56 bits per heavy atom. The number of phenols is 1. The highest BCUT2D eigenvalue weighted by molar-refractivity contribution is 5.39. The van der Waals surface area contributed by atoms with Gasteiger partial charge in [0, 0.05) is 11.6 Å². The largest absolute Gasteiger partial charge is 0.508 e. The van der Waals surface area contributed by atoms with Crippen LogP contribution in [0.15, 0.2) is 18.2 Å². The molecule has 1 aromatic rings. The third-order valence-electron chi connectivity index (χ3n) is 5.67. The van der Waals surface area contributed by atoms with Gasteiger partial charge in [0.1, 0.15) is 11.5 Å². The molecule has 27 heavy (non-hydrogen) atoms. The van der Waals surface area contributed by atoms with Crippen molar-refractivity contribution in [2.45, 2.75) is 77.7 Å². The average Bonchev–Trinajstić information content (AvgIpc) is 3.42. The molecule has 0 aliphatic heterocycles. The number of rotatable bonds is 13. The molecule has 0 aromatic heterocycles. The number of aryl methyl sites for hydroxylation is 1. The third-order valence-corrected chi connectivity index (χ3v) is 5.67. The number of nitrogens with two attached hydrogens (primary N) is 1. The van der Waals surface area contributed by atoms with E-state index < -0.39 is 5.54 Å². The molecule has 0 radical (unpaired) electrons. The van der Waals surface area contributed by atoms with Crippen molar-refractivity contribution in [2.75, 3.05) is 13.2 Å². The van der Waals surface area contributed by atoms with E-state index in [0.29, 0.717) is 37.0 Å². The van der Waals surface area contributed by atoms with Crippen molar-refractivity contribution in [3.05, 3.63) is 23.8 Å². The molecule has 2 unspecified atom stereocenters. The van der Waals surface area contributed by atoms with E-state index in [1.54, 1.807) is 6.07 Å². The Morgan fingerprint density at radius 2 is 1.96 bits per heavy atom.